The molecular formula is C20H18F3NO3. The average molecular weight is 377 g/mol. The highest BCUT2D eigenvalue weighted by Gasteiger charge is 2.33. The van der Waals surface area contributed by atoms with Gasteiger partial charge in [0.1, 0.15) is 0 Å². The lowest BCUT2D eigenvalue weighted by Gasteiger charge is -2.13. The summed E-state index contributed by atoms with van der Waals surface area (Å²) in [6.45, 7) is -0.643. The standard InChI is InChI=1S/C20H18F3NO3/c21-20(22,23)16-6-1-2-7-17(16)24-18(25)12-27-19(26)11-13-8-9-14-4-3-5-15(14)10-13/h1-2,6-10H,3-5,11-12H2,(H,24,25). The number of para-hydroxylation sites is 1. The van der Waals surface area contributed by atoms with Crippen molar-refractivity contribution in [3.63, 3.8) is 0 Å². The van der Waals surface area contributed by atoms with Crippen molar-refractivity contribution in [3.8, 4) is 0 Å². The number of ether oxygens (including phenoxy) is 1. The fourth-order valence-electron chi connectivity index (χ4n) is 3.12. The van der Waals surface area contributed by atoms with Crippen molar-refractivity contribution in [1.82, 2.24) is 0 Å². The van der Waals surface area contributed by atoms with Crippen LogP contribution in [0.2, 0.25) is 0 Å². The first-order valence-electron chi connectivity index (χ1n) is 8.55. The lowest BCUT2D eigenvalue weighted by molar-refractivity contribution is -0.146. The molecule has 7 heteroatoms. The van der Waals surface area contributed by atoms with Gasteiger partial charge in [-0.3, -0.25) is 9.59 Å². The van der Waals surface area contributed by atoms with E-state index in [-0.39, 0.29) is 12.1 Å². The van der Waals surface area contributed by atoms with Crippen LogP contribution < -0.4 is 5.32 Å². The van der Waals surface area contributed by atoms with E-state index in [9.17, 15) is 22.8 Å². The van der Waals surface area contributed by atoms with Gasteiger partial charge in [-0.15, -0.1) is 0 Å². The molecule has 1 aliphatic rings. The number of esters is 1. The molecule has 1 amide bonds. The van der Waals surface area contributed by atoms with Crippen molar-refractivity contribution >= 4 is 17.6 Å². The van der Waals surface area contributed by atoms with Crippen molar-refractivity contribution in [2.45, 2.75) is 31.9 Å². The van der Waals surface area contributed by atoms with Crippen molar-refractivity contribution in [2.24, 2.45) is 0 Å². The van der Waals surface area contributed by atoms with Crippen LogP contribution in [0.5, 0.6) is 0 Å². The molecule has 0 unspecified atom stereocenters. The number of anilines is 1. The van der Waals surface area contributed by atoms with E-state index in [4.69, 9.17) is 4.74 Å². The molecule has 0 saturated heterocycles. The fourth-order valence-corrected chi connectivity index (χ4v) is 3.12. The van der Waals surface area contributed by atoms with Gasteiger partial charge in [-0.1, -0.05) is 30.3 Å². The van der Waals surface area contributed by atoms with Gasteiger partial charge in [0.25, 0.3) is 5.91 Å². The Bertz CT molecular complexity index is 862. The lowest BCUT2D eigenvalue weighted by atomic mass is 10.0. The van der Waals surface area contributed by atoms with Crippen LogP contribution in [0.25, 0.3) is 0 Å². The fraction of sp³-hybridized carbons (Fsp3) is 0.300. The molecule has 0 saturated carbocycles. The lowest BCUT2D eigenvalue weighted by Crippen LogP contribution is -2.23. The number of nitrogens with one attached hydrogen (secondary N) is 1. The highest BCUT2D eigenvalue weighted by Crippen LogP contribution is 2.34. The zero-order valence-electron chi connectivity index (χ0n) is 14.4. The van der Waals surface area contributed by atoms with Gasteiger partial charge in [0, 0.05) is 0 Å². The summed E-state index contributed by atoms with van der Waals surface area (Å²) in [5.74, 6) is -1.43. The minimum absolute atomic E-state index is 0.0136. The van der Waals surface area contributed by atoms with Crippen LogP contribution in [-0.2, 0) is 39.8 Å². The molecule has 0 heterocycles. The van der Waals surface area contributed by atoms with Crippen LogP contribution >= 0.6 is 0 Å². The van der Waals surface area contributed by atoms with Crippen LogP contribution in [0.3, 0.4) is 0 Å². The average Bonchev–Trinajstić information content (AvgIpc) is 3.07. The summed E-state index contributed by atoms with van der Waals surface area (Å²) in [5, 5.41) is 2.13. The summed E-state index contributed by atoms with van der Waals surface area (Å²) in [7, 11) is 0. The van der Waals surface area contributed by atoms with E-state index in [1.807, 2.05) is 18.2 Å². The van der Waals surface area contributed by atoms with Gasteiger partial charge >= 0.3 is 12.1 Å². The van der Waals surface area contributed by atoms with Crippen LogP contribution in [-0.4, -0.2) is 18.5 Å². The molecule has 2 aromatic carbocycles. The predicted molar refractivity (Wildman–Crippen MR) is 93.2 cm³/mol. The predicted octanol–water partition coefficient (Wildman–Crippen LogP) is 3.92. The molecule has 2 aromatic rings. The quantitative estimate of drug-likeness (QED) is 0.804. The summed E-state index contributed by atoms with van der Waals surface area (Å²) in [5.41, 5.74) is 1.98. The summed E-state index contributed by atoms with van der Waals surface area (Å²) in [6.07, 6.45) is -1.45. The van der Waals surface area contributed by atoms with Crippen LogP contribution in [0.15, 0.2) is 42.5 Å². The maximum absolute atomic E-state index is 12.9. The number of carbonyl (C=O) groups excluding carboxylic acids is 2. The molecule has 0 atom stereocenters. The summed E-state index contributed by atoms with van der Waals surface area (Å²) < 4.78 is 43.6. The first-order chi connectivity index (χ1) is 12.8. The van der Waals surface area contributed by atoms with Gasteiger partial charge in [0.15, 0.2) is 6.61 Å². The van der Waals surface area contributed by atoms with E-state index in [1.165, 1.54) is 23.3 Å². The first kappa shape index (κ1) is 18.9. The number of halogens is 3. The SMILES string of the molecule is O=C(COC(=O)Cc1ccc2c(c1)CCC2)Nc1ccccc1C(F)(F)F. The topological polar surface area (TPSA) is 55.4 Å². The van der Waals surface area contributed by atoms with Crippen LogP contribution in [0, 0.1) is 0 Å². The Morgan fingerprint density at radius 2 is 1.78 bits per heavy atom. The van der Waals surface area contributed by atoms with E-state index in [0.717, 1.165) is 37.0 Å². The second-order valence-corrected chi connectivity index (χ2v) is 6.39. The largest absolute Gasteiger partial charge is 0.455 e. The molecule has 1 aliphatic carbocycles. The minimum atomic E-state index is -4.59. The number of hydrogen-bond donors (Lipinski definition) is 1. The molecule has 0 spiro atoms. The van der Waals surface area contributed by atoms with Gasteiger partial charge in [0.2, 0.25) is 0 Å². The number of carbonyl (C=O) groups is 2. The molecule has 142 valence electrons. The smallest absolute Gasteiger partial charge is 0.418 e. The van der Waals surface area contributed by atoms with E-state index in [1.54, 1.807) is 0 Å². The third-order valence-electron chi connectivity index (χ3n) is 4.38. The van der Waals surface area contributed by atoms with Gasteiger partial charge < -0.3 is 10.1 Å². The molecule has 4 nitrogen and oxygen atoms in total. The molecular weight excluding hydrogens is 359 g/mol. The normalized spacial score (nSPS) is 13.1. The van der Waals surface area contributed by atoms with E-state index in [2.05, 4.69) is 5.32 Å². The van der Waals surface area contributed by atoms with Gasteiger partial charge in [-0.25, -0.2) is 0 Å². The van der Waals surface area contributed by atoms with Gasteiger partial charge in [-0.05, 0) is 48.1 Å². The molecule has 27 heavy (non-hydrogen) atoms. The summed E-state index contributed by atoms with van der Waals surface area (Å²) in [4.78, 5) is 23.8. The number of amides is 1. The van der Waals surface area contributed by atoms with Crippen molar-refractivity contribution < 1.29 is 27.5 Å². The first-order valence-corrected chi connectivity index (χ1v) is 8.55. The molecule has 1 N–H and O–H groups in total. The van der Waals surface area contributed by atoms with E-state index < -0.39 is 30.2 Å². The number of alkyl halides is 3. The Labute approximate surface area is 154 Å². The third-order valence-corrected chi connectivity index (χ3v) is 4.38. The molecule has 0 radical (unpaired) electrons. The number of rotatable bonds is 5. The number of aryl methyl sites for hydroxylation is 2. The Balaban J connectivity index is 1.53. The van der Waals surface area contributed by atoms with Gasteiger partial charge in [0.05, 0.1) is 17.7 Å². The Morgan fingerprint density at radius 3 is 2.56 bits per heavy atom. The second kappa shape index (κ2) is 7.82. The second-order valence-electron chi connectivity index (χ2n) is 6.39. The zero-order chi connectivity index (χ0) is 19.4. The summed E-state index contributed by atoms with van der Waals surface area (Å²) >= 11 is 0. The van der Waals surface area contributed by atoms with E-state index in [0.29, 0.717) is 0 Å². The van der Waals surface area contributed by atoms with Crippen molar-refractivity contribution in [1.29, 1.82) is 0 Å². The van der Waals surface area contributed by atoms with Gasteiger partial charge in [-0.2, -0.15) is 13.2 Å². The van der Waals surface area contributed by atoms with Crippen LogP contribution in [0.1, 0.15) is 28.7 Å². The molecule has 0 fully saturated rings. The molecule has 0 aromatic heterocycles. The molecule has 0 bridgehead atoms. The number of hydrogen-bond acceptors (Lipinski definition) is 3. The summed E-state index contributed by atoms with van der Waals surface area (Å²) in [6, 6.07) is 10.4. The maximum Gasteiger partial charge on any atom is 0.418 e. The zero-order valence-corrected chi connectivity index (χ0v) is 14.4. The van der Waals surface area contributed by atoms with E-state index >= 15 is 0 Å². The Hall–Kier alpha value is -2.83. The van der Waals surface area contributed by atoms with Crippen molar-refractivity contribution in [2.75, 3.05) is 11.9 Å². The molecule has 0 aliphatic heterocycles. The van der Waals surface area contributed by atoms with Crippen LogP contribution in [0.4, 0.5) is 18.9 Å². The highest BCUT2D eigenvalue weighted by atomic mass is 19.4. The number of benzene rings is 2. The third kappa shape index (κ3) is 4.87. The Morgan fingerprint density at radius 1 is 1.04 bits per heavy atom. The van der Waals surface area contributed by atoms with Crippen molar-refractivity contribution in [3.05, 3.63) is 64.7 Å². The maximum atomic E-state index is 12.9. The molecule has 3 rings (SSSR count). The number of fused-ring (bicyclic) bond motifs is 1. The Kier molecular flexibility index (Phi) is 5.48. The monoisotopic (exact) mass is 377 g/mol. The highest BCUT2D eigenvalue weighted by molar-refractivity contribution is 5.93. The minimum Gasteiger partial charge on any atom is -0.455 e.